The Hall–Kier alpha value is -1.58. The van der Waals surface area contributed by atoms with Crippen molar-refractivity contribution in [2.24, 2.45) is 34.5 Å². The zero-order valence-electron chi connectivity index (χ0n) is 18.7. The molecule has 1 amide bonds. The molecule has 2 fully saturated rings. The zero-order chi connectivity index (χ0) is 21.2. The van der Waals surface area contributed by atoms with Gasteiger partial charge in [0.2, 0.25) is 5.91 Å². The average Bonchev–Trinajstić information content (AvgIpc) is 2.96. The van der Waals surface area contributed by atoms with Gasteiger partial charge in [-0.1, -0.05) is 19.9 Å². The van der Waals surface area contributed by atoms with Crippen LogP contribution in [0.1, 0.15) is 79.6 Å². The van der Waals surface area contributed by atoms with Crippen molar-refractivity contribution in [1.29, 1.82) is 0 Å². The lowest BCUT2D eigenvalue weighted by atomic mass is 9.48. The number of carboxylic acid groups (broad SMARTS) is 1. The molecule has 4 aliphatic rings. The Balaban J connectivity index is 1.60. The molecule has 29 heavy (non-hydrogen) atoms. The largest absolute Gasteiger partial charge is 0.478 e. The molecule has 0 heterocycles. The third-order valence-corrected chi connectivity index (χ3v) is 8.86. The van der Waals surface area contributed by atoms with Gasteiger partial charge in [0.25, 0.3) is 0 Å². The van der Waals surface area contributed by atoms with Crippen LogP contribution in [0.15, 0.2) is 23.3 Å². The highest BCUT2D eigenvalue weighted by Gasteiger charge is 2.59. The summed E-state index contributed by atoms with van der Waals surface area (Å²) in [5.41, 5.74) is 1.82. The van der Waals surface area contributed by atoms with Gasteiger partial charge in [-0.2, -0.15) is 0 Å². The van der Waals surface area contributed by atoms with E-state index >= 15 is 0 Å². The number of nitrogens with one attached hydrogen (secondary N) is 1. The number of carbonyl (C=O) groups excluding carboxylic acids is 1. The Kier molecular flexibility index (Phi) is 4.79. The summed E-state index contributed by atoms with van der Waals surface area (Å²) in [6.45, 7) is 10.9. The van der Waals surface area contributed by atoms with Crippen LogP contribution in [0.4, 0.5) is 0 Å². The molecule has 0 aromatic heterocycles. The van der Waals surface area contributed by atoms with E-state index < -0.39 is 5.97 Å². The highest BCUT2D eigenvalue weighted by atomic mass is 16.4. The van der Waals surface area contributed by atoms with Crippen LogP contribution in [-0.4, -0.2) is 22.5 Å². The van der Waals surface area contributed by atoms with Gasteiger partial charge < -0.3 is 10.4 Å². The number of allylic oxidation sites excluding steroid dienone is 3. The molecule has 5 unspecified atom stereocenters. The molecule has 2 saturated carbocycles. The molecule has 0 bridgehead atoms. The van der Waals surface area contributed by atoms with E-state index in [0.717, 1.165) is 38.5 Å². The number of carboxylic acids is 1. The maximum atomic E-state index is 13.1. The third-order valence-electron chi connectivity index (χ3n) is 8.86. The van der Waals surface area contributed by atoms with Crippen molar-refractivity contribution in [1.82, 2.24) is 5.32 Å². The number of amides is 1. The van der Waals surface area contributed by atoms with Crippen LogP contribution >= 0.6 is 0 Å². The standard InChI is InChI=1S/C25H37NO3/c1-23(2,3)26-21(27)20-9-8-18-17-7-6-16-14-15(22(28)29)10-12-24(16,4)19(17)11-13-25(18,20)5/h6,14,17-20H,7-13H2,1-5H3,(H,26,27)(H,28,29)/t17?,18?,19?,20?,24-,25?/m0/s1. The first-order chi connectivity index (χ1) is 13.5. The SMILES string of the molecule is CC(C)(C)NC(=O)C1CCC2C3CC=C4C=C(C(=O)O)CC[C@]4(C)C3CCC12C. The van der Waals surface area contributed by atoms with E-state index in [0.29, 0.717) is 29.7 Å². The Morgan fingerprint density at radius 1 is 1.10 bits per heavy atom. The summed E-state index contributed by atoms with van der Waals surface area (Å²) >= 11 is 0. The van der Waals surface area contributed by atoms with Gasteiger partial charge in [-0.15, -0.1) is 0 Å². The van der Waals surface area contributed by atoms with Crippen LogP contribution in [0.25, 0.3) is 0 Å². The Morgan fingerprint density at radius 2 is 1.83 bits per heavy atom. The lowest BCUT2D eigenvalue weighted by Gasteiger charge is -2.57. The number of rotatable bonds is 2. The van der Waals surface area contributed by atoms with Crippen molar-refractivity contribution in [2.45, 2.75) is 85.1 Å². The van der Waals surface area contributed by atoms with Crippen LogP contribution in [0, 0.1) is 34.5 Å². The second kappa shape index (κ2) is 6.72. The highest BCUT2D eigenvalue weighted by molar-refractivity contribution is 5.87. The molecule has 0 aromatic carbocycles. The molecule has 160 valence electrons. The average molecular weight is 400 g/mol. The van der Waals surface area contributed by atoms with Crippen molar-refractivity contribution in [3.63, 3.8) is 0 Å². The predicted octanol–water partition coefficient (Wildman–Crippen LogP) is 5.10. The van der Waals surface area contributed by atoms with Gasteiger partial charge in [0, 0.05) is 17.0 Å². The van der Waals surface area contributed by atoms with E-state index in [1.165, 1.54) is 5.57 Å². The fourth-order valence-electron chi connectivity index (χ4n) is 7.38. The second-order valence-corrected chi connectivity index (χ2v) is 11.6. The summed E-state index contributed by atoms with van der Waals surface area (Å²) in [4.78, 5) is 24.6. The first-order valence-electron chi connectivity index (χ1n) is 11.4. The summed E-state index contributed by atoms with van der Waals surface area (Å²) < 4.78 is 0. The molecule has 0 aromatic rings. The predicted molar refractivity (Wildman–Crippen MR) is 114 cm³/mol. The van der Waals surface area contributed by atoms with Crippen molar-refractivity contribution >= 4 is 11.9 Å². The minimum atomic E-state index is -0.769. The lowest BCUT2D eigenvalue weighted by Crippen LogP contribution is -2.52. The Morgan fingerprint density at radius 3 is 2.48 bits per heavy atom. The molecule has 4 rings (SSSR count). The Bertz CT molecular complexity index is 788. The number of aliphatic carboxylic acids is 1. The highest BCUT2D eigenvalue weighted by Crippen LogP contribution is 2.66. The smallest absolute Gasteiger partial charge is 0.331 e. The van der Waals surface area contributed by atoms with E-state index in [1.54, 1.807) is 0 Å². The summed E-state index contributed by atoms with van der Waals surface area (Å²) in [7, 11) is 0. The van der Waals surface area contributed by atoms with Crippen molar-refractivity contribution in [2.75, 3.05) is 0 Å². The molecule has 4 aliphatic carbocycles. The van der Waals surface area contributed by atoms with E-state index in [2.05, 4.69) is 46.0 Å². The summed E-state index contributed by atoms with van der Waals surface area (Å²) in [6.07, 6.45) is 11.4. The third kappa shape index (κ3) is 3.27. The fraction of sp³-hybridized carbons (Fsp3) is 0.760. The quantitative estimate of drug-likeness (QED) is 0.679. The maximum Gasteiger partial charge on any atom is 0.331 e. The van der Waals surface area contributed by atoms with Crippen molar-refractivity contribution in [3.8, 4) is 0 Å². The topological polar surface area (TPSA) is 66.4 Å². The van der Waals surface area contributed by atoms with Gasteiger partial charge in [0.05, 0.1) is 0 Å². The molecule has 4 nitrogen and oxygen atoms in total. The first kappa shape index (κ1) is 20.7. The first-order valence-corrected chi connectivity index (χ1v) is 11.4. The van der Waals surface area contributed by atoms with Crippen LogP contribution in [-0.2, 0) is 9.59 Å². The second-order valence-electron chi connectivity index (χ2n) is 11.6. The minimum absolute atomic E-state index is 0.0922. The molecular formula is C25H37NO3. The van der Waals surface area contributed by atoms with Crippen molar-refractivity contribution < 1.29 is 14.7 Å². The van der Waals surface area contributed by atoms with E-state index in [4.69, 9.17) is 0 Å². The van der Waals surface area contributed by atoms with E-state index in [1.807, 2.05) is 6.08 Å². The maximum absolute atomic E-state index is 13.1. The van der Waals surface area contributed by atoms with Crippen LogP contribution < -0.4 is 5.32 Å². The molecule has 4 heteroatoms. The summed E-state index contributed by atoms with van der Waals surface area (Å²) in [5, 5.41) is 12.7. The monoisotopic (exact) mass is 399 g/mol. The normalized spacial score (nSPS) is 41.4. The molecule has 6 atom stereocenters. The van der Waals surface area contributed by atoms with Crippen molar-refractivity contribution in [3.05, 3.63) is 23.3 Å². The summed E-state index contributed by atoms with van der Waals surface area (Å²) in [5.74, 6) is 1.42. The number of carbonyl (C=O) groups is 2. The van der Waals surface area contributed by atoms with Gasteiger partial charge in [-0.25, -0.2) is 4.79 Å². The lowest BCUT2D eigenvalue weighted by molar-refractivity contribution is -0.133. The van der Waals surface area contributed by atoms with Crippen LogP contribution in [0.2, 0.25) is 0 Å². The van der Waals surface area contributed by atoms with E-state index in [-0.39, 0.29) is 28.2 Å². The zero-order valence-corrected chi connectivity index (χ0v) is 18.7. The summed E-state index contributed by atoms with van der Waals surface area (Å²) in [6, 6.07) is 0. The minimum Gasteiger partial charge on any atom is -0.478 e. The van der Waals surface area contributed by atoms with Crippen LogP contribution in [0.5, 0.6) is 0 Å². The van der Waals surface area contributed by atoms with Gasteiger partial charge in [-0.05, 0) is 106 Å². The molecule has 0 spiro atoms. The molecular weight excluding hydrogens is 362 g/mol. The van der Waals surface area contributed by atoms with E-state index in [9.17, 15) is 14.7 Å². The molecule has 0 saturated heterocycles. The van der Waals surface area contributed by atoms with Gasteiger partial charge in [0.15, 0.2) is 0 Å². The van der Waals surface area contributed by atoms with Crippen LogP contribution in [0.3, 0.4) is 0 Å². The number of hydrogen-bond donors (Lipinski definition) is 2. The number of hydrogen-bond acceptors (Lipinski definition) is 2. The number of fused-ring (bicyclic) bond motifs is 5. The van der Waals surface area contributed by atoms with Gasteiger partial charge >= 0.3 is 5.97 Å². The van der Waals surface area contributed by atoms with Gasteiger partial charge in [0.1, 0.15) is 0 Å². The molecule has 0 radical (unpaired) electrons. The fourth-order valence-corrected chi connectivity index (χ4v) is 7.38. The Labute approximate surface area is 175 Å². The molecule has 0 aliphatic heterocycles. The van der Waals surface area contributed by atoms with Gasteiger partial charge in [-0.3, -0.25) is 4.79 Å². The molecule has 2 N–H and O–H groups in total.